The van der Waals surface area contributed by atoms with Gasteiger partial charge in [0.15, 0.2) is 5.76 Å². The molecular weight excluding hydrogens is 286 g/mol. The van der Waals surface area contributed by atoms with Crippen LogP contribution in [-0.4, -0.2) is 11.1 Å². The predicted molar refractivity (Wildman–Crippen MR) is 90.6 cm³/mol. The van der Waals surface area contributed by atoms with Gasteiger partial charge in [-0.1, -0.05) is 60.7 Å². The van der Waals surface area contributed by atoms with Gasteiger partial charge < -0.3 is 14.8 Å². The van der Waals surface area contributed by atoms with Gasteiger partial charge in [-0.3, -0.25) is 0 Å². The Morgan fingerprint density at radius 1 is 0.913 bits per heavy atom. The van der Waals surface area contributed by atoms with Crippen molar-refractivity contribution in [3.63, 3.8) is 0 Å². The van der Waals surface area contributed by atoms with E-state index in [0.717, 1.165) is 22.6 Å². The van der Waals surface area contributed by atoms with E-state index in [1.807, 2.05) is 79.7 Å². The van der Waals surface area contributed by atoms with Gasteiger partial charge >= 0.3 is 0 Å². The highest BCUT2D eigenvalue weighted by atomic mass is 16.3. The van der Waals surface area contributed by atoms with Crippen LogP contribution in [0.2, 0.25) is 0 Å². The topological polar surface area (TPSA) is 50.0 Å². The van der Waals surface area contributed by atoms with Crippen molar-refractivity contribution in [3.05, 3.63) is 84.1 Å². The summed E-state index contributed by atoms with van der Waals surface area (Å²) in [5, 5.41) is 12.5. The van der Waals surface area contributed by atoms with Crippen molar-refractivity contribution >= 4 is 0 Å². The van der Waals surface area contributed by atoms with E-state index in [0.29, 0.717) is 6.54 Å². The molecule has 0 aliphatic carbocycles. The Bertz CT molecular complexity index is 722. The summed E-state index contributed by atoms with van der Waals surface area (Å²) in [7, 11) is 0. The highest BCUT2D eigenvalue weighted by molar-refractivity contribution is 5.57. The van der Waals surface area contributed by atoms with Crippen LogP contribution in [-0.2, 0) is 6.54 Å². The molecule has 2 atom stereocenters. The minimum atomic E-state index is -0.486. The summed E-state index contributed by atoms with van der Waals surface area (Å²) < 4.78 is 5.89. The number of rotatable bonds is 6. The molecule has 0 aliphatic rings. The van der Waals surface area contributed by atoms with Gasteiger partial charge in [0.25, 0.3) is 0 Å². The first-order chi connectivity index (χ1) is 11.2. The SMILES string of the molecule is C[C@@H]([NH2+]Cc1ccc(-c2ccccc2)o1)[C@@H](O)c1ccccc1. The van der Waals surface area contributed by atoms with Gasteiger partial charge in [0.1, 0.15) is 24.5 Å². The van der Waals surface area contributed by atoms with Crippen molar-refractivity contribution in [1.82, 2.24) is 0 Å². The van der Waals surface area contributed by atoms with Gasteiger partial charge in [-0.25, -0.2) is 0 Å². The lowest BCUT2D eigenvalue weighted by atomic mass is 10.0. The molecule has 0 bridgehead atoms. The lowest BCUT2D eigenvalue weighted by molar-refractivity contribution is -0.710. The average Bonchev–Trinajstić information content (AvgIpc) is 3.09. The third-order valence-electron chi connectivity index (χ3n) is 4.05. The van der Waals surface area contributed by atoms with Gasteiger partial charge in [-0.05, 0) is 24.6 Å². The normalized spacial score (nSPS) is 13.7. The zero-order valence-corrected chi connectivity index (χ0v) is 13.2. The fourth-order valence-corrected chi connectivity index (χ4v) is 2.63. The number of hydrogen-bond acceptors (Lipinski definition) is 2. The van der Waals surface area contributed by atoms with Crippen molar-refractivity contribution in [1.29, 1.82) is 0 Å². The second kappa shape index (κ2) is 7.27. The van der Waals surface area contributed by atoms with E-state index in [4.69, 9.17) is 4.42 Å². The van der Waals surface area contributed by atoms with Crippen LogP contribution >= 0.6 is 0 Å². The van der Waals surface area contributed by atoms with Crippen LogP contribution in [0.25, 0.3) is 11.3 Å². The lowest BCUT2D eigenvalue weighted by Crippen LogP contribution is -2.88. The zero-order valence-electron chi connectivity index (χ0n) is 13.2. The molecule has 0 amide bonds. The zero-order chi connectivity index (χ0) is 16.1. The van der Waals surface area contributed by atoms with Crippen LogP contribution in [0.3, 0.4) is 0 Å². The maximum absolute atomic E-state index is 10.4. The maximum Gasteiger partial charge on any atom is 0.158 e. The van der Waals surface area contributed by atoms with Gasteiger partial charge in [0.2, 0.25) is 0 Å². The lowest BCUT2D eigenvalue weighted by Gasteiger charge is -2.17. The van der Waals surface area contributed by atoms with Crippen LogP contribution in [0.5, 0.6) is 0 Å². The highest BCUT2D eigenvalue weighted by Crippen LogP contribution is 2.21. The Balaban J connectivity index is 1.59. The van der Waals surface area contributed by atoms with Gasteiger partial charge in [-0.15, -0.1) is 0 Å². The molecule has 1 heterocycles. The predicted octanol–water partition coefficient (Wildman–Crippen LogP) is 3.13. The molecule has 0 aliphatic heterocycles. The molecule has 23 heavy (non-hydrogen) atoms. The molecule has 3 nitrogen and oxygen atoms in total. The Kier molecular flexibility index (Phi) is 4.91. The summed E-state index contributed by atoms with van der Waals surface area (Å²) in [6, 6.07) is 23.9. The standard InChI is InChI=1S/C20H21NO2/c1-15(20(22)17-10-6-3-7-11-17)21-14-18-12-13-19(23-18)16-8-4-2-5-9-16/h2-13,15,20-22H,14H2,1H3/p+1/t15-,20-/m1/s1. The molecule has 118 valence electrons. The largest absolute Gasteiger partial charge is 0.455 e. The molecule has 3 N–H and O–H groups in total. The molecule has 3 aromatic rings. The summed E-state index contributed by atoms with van der Waals surface area (Å²) in [6.07, 6.45) is -0.486. The van der Waals surface area contributed by atoms with Gasteiger partial charge in [-0.2, -0.15) is 0 Å². The van der Waals surface area contributed by atoms with E-state index in [9.17, 15) is 5.11 Å². The highest BCUT2D eigenvalue weighted by Gasteiger charge is 2.19. The van der Waals surface area contributed by atoms with Crippen molar-refractivity contribution in [2.75, 3.05) is 0 Å². The summed E-state index contributed by atoms with van der Waals surface area (Å²) in [5.74, 6) is 1.79. The summed E-state index contributed by atoms with van der Waals surface area (Å²) in [5.41, 5.74) is 2.02. The first-order valence-corrected chi connectivity index (χ1v) is 7.94. The molecule has 1 aromatic heterocycles. The van der Waals surface area contributed by atoms with Crippen molar-refractivity contribution in [3.8, 4) is 11.3 Å². The van der Waals surface area contributed by atoms with Crippen LogP contribution < -0.4 is 5.32 Å². The summed E-state index contributed by atoms with van der Waals surface area (Å²) >= 11 is 0. The number of hydrogen-bond donors (Lipinski definition) is 2. The molecule has 0 unspecified atom stereocenters. The maximum atomic E-state index is 10.4. The number of benzene rings is 2. The molecule has 0 radical (unpaired) electrons. The molecule has 3 heteroatoms. The Labute approximate surface area is 136 Å². The monoisotopic (exact) mass is 308 g/mol. The Hall–Kier alpha value is -2.36. The first kappa shape index (κ1) is 15.5. The molecular formula is C20H22NO2+. The van der Waals surface area contributed by atoms with Crippen LogP contribution in [0.15, 0.2) is 77.2 Å². The van der Waals surface area contributed by atoms with E-state index >= 15 is 0 Å². The molecule has 3 rings (SSSR count). The number of aliphatic hydroxyl groups is 1. The Morgan fingerprint density at radius 2 is 1.57 bits per heavy atom. The third kappa shape index (κ3) is 3.89. The minimum absolute atomic E-state index is 0.0580. The van der Waals surface area contributed by atoms with Gasteiger partial charge in [0.05, 0.1) is 0 Å². The van der Waals surface area contributed by atoms with Crippen LogP contribution in [0.1, 0.15) is 24.4 Å². The molecule has 0 spiro atoms. The van der Waals surface area contributed by atoms with Crippen molar-refractivity contribution < 1.29 is 14.8 Å². The molecule has 0 saturated carbocycles. The van der Waals surface area contributed by atoms with E-state index in [1.54, 1.807) is 0 Å². The second-order valence-corrected chi connectivity index (χ2v) is 5.79. The summed E-state index contributed by atoms with van der Waals surface area (Å²) in [6.45, 7) is 2.73. The van der Waals surface area contributed by atoms with Crippen molar-refractivity contribution in [2.24, 2.45) is 0 Å². The third-order valence-corrected chi connectivity index (χ3v) is 4.05. The fraction of sp³-hybridized carbons (Fsp3) is 0.200. The van der Waals surface area contributed by atoms with E-state index in [2.05, 4.69) is 5.32 Å². The number of furan rings is 1. The van der Waals surface area contributed by atoms with Crippen LogP contribution in [0.4, 0.5) is 0 Å². The van der Waals surface area contributed by atoms with E-state index in [-0.39, 0.29) is 6.04 Å². The van der Waals surface area contributed by atoms with E-state index < -0.39 is 6.10 Å². The number of quaternary nitrogens is 1. The fourth-order valence-electron chi connectivity index (χ4n) is 2.63. The first-order valence-electron chi connectivity index (χ1n) is 7.94. The Morgan fingerprint density at radius 3 is 2.26 bits per heavy atom. The summed E-state index contributed by atoms with van der Waals surface area (Å²) in [4.78, 5) is 0. The molecule has 0 fully saturated rings. The number of nitrogens with two attached hydrogens (primary N) is 1. The smallest absolute Gasteiger partial charge is 0.158 e. The van der Waals surface area contributed by atoms with E-state index in [1.165, 1.54) is 0 Å². The quantitative estimate of drug-likeness (QED) is 0.735. The van der Waals surface area contributed by atoms with Crippen LogP contribution in [0, 0.1) is 0 Å². The van der Waals surface area contributed by atoms with Crippen molar-refractivity contribution in [2.45, 2.75) is 25.6 Å². The van der Waals surface area contributed by atoms with Gasteiger partial charge in [0, 0.05) is 5.56 Å². The molecule has 2 aromatic carbocycles. The minimum Gasteiger partial charge on any atom is -0.455 e. The second-order valence-electron chi connectivity index (χ2n) is 5.79. The molecule has 0 saturated heterocycles. The number of aliphatic hydroxyl groups excluding tert-OH is 1. The average molecular weight is 308 g/mol.